The van der Waals surface area contributed by atoms with Crippen LogP contribution >= 0.6 is 11.6 Å². The summed E-state index contributed by atoms with van der Waals surface area (Å²) in [5, 5.41) is 0. The van der Waals surface area contributed by atoms with Gasteiger partial charge in [-0.1, -0.05) is 25.7 Å². The summed E-state index contributed by atoms with van der Waals surface area (Å²) >= 11 is 5.54. The molecule has 64 valence electrons. The Morgan fingerprint density at radius 1 is 0.909 bits per heavy atom. The van der Waals surface area contributed by atoms with Gasteiger partial charge in [-0.05, 0) is 12.8 Å². The van der Waals surface area contributed by atoms with E-state index < -0.39 is 0 Å². The highest BCUT2D eigenvalue weighted by Gasteiger charge is 1.88. The summed E-state index contributed by atoms with van der Waals surface area (Å²) in [5.74, 6) is 3.46. The van der Waals surface area contributed by atoms with Crippen LogP contribution in [0.25, 0.3) is 0 Å². The lowest BCUT2D eigenvalue weighted by atomic mass is 10.1. The van der Waals surface area contributed by atoms with Gasteiger partial charge in [0.15, 0.2) is 0 Å². The number of alkyl halides is 1. The van der Waals surface area contributed by atoms with Gasteiger partial charge in [0.25, 0.3) is 0 Å². The van der Waals surface area contributed by atoms with Crippen molar-refractivity contribution in [2.75, 3.05) is 5.88 Å². The number of rotatable bonds is 7. The molecule has 0 saturated heterocycles. The van der Waals surface area contributed by atoms with Gasteiger partial charge in [-0.15, -0.1) is 23.9 Å². The molecule has 0 aromatic rings. The first-order chi connectivity index (χ1) is 5.41. The Kier molecular flexibility index (Phi) is 9.72. The van der Waals surface area contributed by atoms with Crippen molar-refractivity contribution in [2.24, 2.45) is 0 Å². The molecule has 0 saturated carbocycles. The molecule has 0 spiro atoms. The van der Waals surface area contributed by atoms with Crippen LogP contribution in [0.1, 0.15) is 44.9 Å². The molecule has 0 bridgehead atoms. The minimum absolute atomic E-state index is 0.810. The van der Waals surface area contributed by atoms with Crippen LogP contribution < -0.4 is 0 Å². The number of hydrogen-bond donors (Lipinski definition) is 0. The van der Waals surface area contributed by atoms with Crippen molar-refractivity contribution in [3.63, 3.8) is 0 Å². The van der Waals surface area contributed by atoms with Crippen molar-refractivity contribution in [3.05, 3.63) is 0 Å². The lowest BCUT2D eigenvalue weighted by Gasteiger charge is -1.97. The second-order valence-corrected chi connectivity index (χ2v) is 3.14. The van der Waals surface area contributed by atoms with Crippen LogP contribution in [-0.4, -0.2) is 5.88 Å². The maximum Gasteiger partial charge on any atom is 0.0223 e. The molecule has 0 aliphatic rings. The maximum absolute atomic E-state index is 5.54. The van der Waals surface area contributed by atoms with Crippen LogP contribution in [0.3, 0.4) is 0 Å². The molecule has 0 fully saturated rings. The highest BCUT2D eigenvalue weighted by molar-refractivity contribution is 6.17. The van der Waals surface area contributed by atoms with E-state index in [9.17, 15) is 0 Å². The SMILES string of the molecule is C#CCCCCCCCCCl. The van der Waals surface area contributed by atoms with E-state index in [2.05, 4.69) is 5.92 Å². The third-order valence-electron chi connectivity index (χ3n) is 1.70. The predicted octanol–water partition coefficient (Wildman–Crippen LogP) is 3.59. The molecule has 0 N–H and O–H groups in total. The van der Waals surface area contributed by atoms with E-state index in [1.165, 1.54) is 32.1 Å². The molecular weight excluding hydrogens is 156 g/mol. The molecule has 1 heteroatoms. The van der Waals surface area contributed by atoms with Gasteiger partial charge in [-0.3, -0.25) is 0 Å². The Hall–Kier alpha value is -0.150. The Morgan fingerprint density at radius 3 is 2.00 bits per heavy atom. The lowest BCUT2D eigenvalue weighted by molar-refractivity contribution is 0.615. The molecule has 0 unspecified atom stereocenters. The topological polar surface area (TPSA) is 0 Å². The zero-order valence-corrected chi connectivity index (χ0v) is 7.87. The predicted molar refractivity (Wildman–Crippen MR) is 51.9 cm³/mol. The van der Waals surface area contributed by atoms with Crippen molar-refractivity contribution >= 4 is 11.6 Å². The van der Waals surface area contributed by atoms with Crippen molar-refractivity contribution in [3.8, 4) is 12.3 Å². The summed E-state index contributed by atoms with van der Waals surface area (Å²) in [4.78, 5) is 0. The highest BCUT2D eigenvalue weighted by atomic mass is 35.5. The summed E-state index contributed by atoms with van der Waals surface area (Å²) in [6, 6.07) is 0. The molecule has 0 rings (SSSR count). The van der Waals surface area contributed by atoms with E-state index in [-0.39, 0.29) is 0 Å². The normalized spacial score (nSPS) is 9.45. The Balaban J connectivity index is 2.75. The Morgan fingerprint density at radius 2 is 1.45 bits per heavy atom. The van der Waals surface area contributed by atoms with Crippen LogP contribution in [0.15, 0.2) is 0 Å². The van der Waals surface area contributed by atoms with E-state index in [0.717, 1.165) is 18.7 Å². The number of halogens is 1. The van der Waals surface area contributed by atoms with Gasteiger partial charge in [0.2, 0.25) is 0 Å². The lowest BCUT2D eigenvalue weighted by Crippen LogP contribution is -1.80. The van der Waals surface area contributed by atoms with Gasteiger partial charge >= 0.3 is 0 Å². The summed E-state index contributed by atoms with van der Waals surface area (Å²) in [6.45, 7) is 0. The van der Waals surface area contributed by atoms with E-state index in [4.69, 9.17) is 18.0 Å². The van der Waals surface area contributed by atoms with E-state index in [1.54, 1.807) is 0 Å². The molecule has 0 aliphatic carbocycles. The third-order valence-corrected chi connectivity index (χ3v) is 1.97. The third kappa shape index (κ3) is 9.85. The summed E-state index contributed by atoms with van der Waals surface area (Å²) in [7, 11) is 0. The average Bonchev–Trinajstić information content (AvgIpc) is 2.03. The van der Waals surface area contributed by atoms with Gasteiger partial charge < -0.3 is 0 Å². The molecule has 11 heavy (non-hydrogen) atoms. The van der Waals surface area contributed by atoms with Gasteiger partial charge in [0.05, 0.1) is 0 Å². The van der Waals surface area contributed by atoms with Gasteiger partial charge in [-0.2, -0.15) is 0 Å². The monoisotopic (exact) mass is 172 g/mol. The molecule has 0 heterocycles. The minimum atomic E-state index is 0.810. The average molecular weight is 173 g/mol. The van der Waals surface area contributed by atoms with Gasteiger partial charge in [0.1, 0.15) is 0 Å². The van der Waals surface area contributed by atoms with Crippen LogP contribution in [0, 0.1) is 12.3 Å². The molecule has 0 aromatic carbocycles. The van der Waals surface area contributed by atoms with Crippen LogP contribution in [0.5, 0.6) is 0 Å². The maximum atomic E-state index is 5.54. The first-order valence-corrected chi connectivity index (χ1v) is 4.94. The number of unbranched alkanes of at least 4 members (excludes halogenated alkanes) is 6. The Labute approximate surface area is 75.3 Å². The zero-order valence-electron chi connectivity index (χ0n) is 7.11. The number of terminal acetylenes is 1. The van der Waals surface area contributed by atoms with Crippen molar-refractivity contribution < 1.29 is 0 Å². The van der Waals surface area contributed by atoms with Crippen LogP contribution in [0.2, 0.25) is 0 Å². The fourth-order valence-corrected chi connectivity index (χ4v) is 1.22. The largest absolute Gasteiger partial charge is 0.127 e. The minimum Gasteiger partial charge on any atom is -0.127 e. The fraction of sp³-hybridized carbons (Fsp3) is 0.800. The Bertz CT molecular complexity index is 102. The van der Waals surface area contributed by atoms with E-state index in [1.807, 2.05) is 0 Å². The standard InChI is InChI=1S/C10H17Cl/c1-2-3-4-5-6-7-8-9-10-11/h1H,3-10H2. The molecule has 0 radical (unpaired) electrons. The van der Waals surface area contributed by atoms with Crippen molar-refractivity contribution in [1.29, 1.82) is 0 Å². The van der Waals surface area contributed by atoms with E-state index >= 15 is 0 Å². The fourth-order valence-electron chi connectivity index (χ4n) is 1.03. The molecule has 0 aromatic heterocycles. The van der Waals surface area contributed by atoms with Crippen LogP contribution in [-0.2, 0) is 0 Å². The summed E-state index contributed by atoms with van der Waals surface area (Å²) in [6.07, 6.45) is 13.6. The quantitative estimate of drug-likeness (QED) is 0.313. The van der Waals surface area contributed by atoms with Gasteiger partial charge in [0, 0.05) is 12.3 Å². The summed E-state index contributed by atoms with van der Waals surface area (Å²) in [5.41, 5.74) is 0. The second kappa shape index (κ2) is 9.85. The molecule has 0 nitrogen and oxygen atoms in total. The van der Waals surface area contributed by atoms with Crippen LogP contribution in [0.4, 0.5) is 0 Å². The van der Waals surface area contributed by atoms with Crippen molar-refractivity contribution in [1.82, 2.24) is 0 Å². The van der Waals surface area contributed by atoms with Crippen molar-refractivity contribution in [2.45, 2.75) is 44.9 Å². The first kappa shape index (κ1) is 10.8. The van der Waals surface area contributed by atoms with E-state index in [0.29, 0.717) is 0 Å². The molecule has 0 amide bonds. The van der Waals surface area contributed by atoms with Gasteiger partial charge in [-0.25, -0.2) is 0 Å². The molecule has 0 aliphatic heterocycles. The first-order valence-electron chi connectivity index (χ1n) is 4.41. The highest BCUT2D eigenvalue weighted by Crippen LogP contribution is 2.06. The smallest absolute Gasteiger partial charge is 0.0223 e. The molecular formula is C10H17Cl. The zero-order chi connectivity index (χ0) is 8.36. The summed E-state index contributed by atoms with van der Waals surface area (Å²) < 4.78 is 0. The molecule has 0 atom stereocenters. The number of hydrogen-bond acceptors (Lipinski definition) is 0. The second-order valence-electron chi connectivity index (χ2n) is 2.76.